The van der Waals surface area contributed by atoms with Gasteiger partial charge in [-0.05, 0) is 19.4 Å². The quantitative estimate of drug-likeness (QED) is 0.509. The smallest absolute Gasteiger partial charge is 0.264 e. The molecule has 0 spiro atoms. The maximum Gasteiger partial charge on any atom is 0.264 e. The molecule has 0 aromatic carbocycles. The summed E-state index contributed by atoms with van der Waals surface area (Å²) in [7, 11) is -3.25. The van der Waals surface area contributed by atoms with Crippen molar-refractivity contribution in [3.8, 4) is 0 Å². The van der Waals surface area contributed by atoms with Gasteiger partial charge in [0.2, 0.25) is 0 Å². The molecule has 5 nitrogen and oxygen atoms in total. The van der Waals surface area contributed by atoms with Crippen LogP contribution in [0.2, 0.25) is 0 Å². The van der Waals surface area contributed by atoms with E-state index >= 15 is 0 Å². The SMILES string of the molecule is CS(=O)(=O)OCCCCCCN1CCNCC1. The third-order valence-electron chi connectivity index (χ3n) is 2.88. The minimum Gasteiger partial charge on any atom is -0.314 e. The first-order chi connectivity index (χ1) is 8.08. The van der Waals surface area contributed by atoms with Crippen LogP contribution >= 0.6 is 0 Å². The van der Waals surface area contributed by atoms with Gasteiger partial charge >= 0.3 is 0 Å². The third-order valence-corrected chi connectivity index (χ3v) is 3.47. The molecule has 0 atom stereocenters. The van der Waals surface area contributed by atoms with Crippen LogP contribution in [0.4, 0.5) is 0 Å². The van der Waals surface area contributed by atoms with E-state index in [1.165, 1.54) is 6.42 Å². The molecule has 6 heteroatoms. The number of nitrogens with zero attached hydrogens (tertiary/aromatic N) is 1. The fourth-order valence-corrected chi connectivity index (χ4v) is 2.36. The monoisotopic (exact) mass is 264 g/mol. The molecule has 0 bridgehead atoms. The Hall–Kier alpha value is -0.170. The maximum atomic E-state index is 10.7. The van der Waals surface area contributed by atoms with Gasteiger partial charge in [0, 0.05) is 26.2 Å². The average molecular weight is 264 g/mol. The van der Waals surface area contributed by atoms with Gasteiger partial charge in [-0.15, -0.1) is 0 Å². The van der Waals surface area contributed by atoms with Crippen LogP contribution < -0.4 is 5.32 Å². The van der Waals surface area contributed by atoms with Crippen LogP contribution in [0.1, 0.15) is 25.7 Å². The summed E-state index contributed by atoms with van der Waals surface area (Å²) in [5.41, 5.74) is 0. The van der Waals surface area contributed by atoms with E-state index in [1.807, 2.05) is 0 Å². The third kappa shape index (κ3) is 8.54. The predicted molar refractivity (Wildman–Crippen MR) is 68.6 cm³/mol. The van der Waals surface area contributed by atoms with Crippen LogP contribution in [-0.2, 0) is 14.3 Å². The van der Waals surface area contributed by atoms with Crippen molar-refractivity contribution in [2.75, 3.05) is 45.6 Å². The van der Waals surface area contributed by atoms with E-state index in [9.17, 15) is 8.42 Å². The first kappa shape index (κ1) is 14.9. The Morgan fingerprint density at radius 3 is 2.41 bits per heavy atom. The largest absolute Gasteiger partial charge is 0.314 e. The van der Waals surface area contributed by atoms with Crippen molar-refractivity contribution in [2.24, 2.45) is 0 Å². The number of hydrogen-bond acceptors (Lipinski definition) is 5. The highest BCUT2D eigenvalue weighted by Gasteiger charge is 2.08. The standard InChI is InChI=1S/C11H24N2O3S/c1-17(14,15)16-11-5-3-2-4-8-13-9-6-12-7-10-13/h12H,2-11H2,1H3. The van der Waals surface area contributed by atoms with Crippen LogP contribution in [0, 0.1) is 0 Å². The van der Waals surface area contributed by atoms with Gasteiger partial charge in [0.15, 0.2) is 0 Å². The molecule has 0 aromatic rings. The normalized spacial score (nSPS) is 18.4. The molecule has 1 rings (SSSR count). The Morgan fingerprint density at radius 2 is 1.76 bits per heavy atom. The Kier molecular flexibility index (Phi) is 7.03. The number of rotatable bonds is 8. The van der Waals surface area contributed by atoms with Gasteiger partial charge in [-0.3, -0.25) is 4.18 Å². The molecule has 0 aliphatic carbocycles. The minimum absolute atomic E-state index is 0.326. The predicted octanol–water partition coefficient (Wildman–Crippen LogP) is 0.428. The molecule has 1 heterocycles. The highest BCUT2D eigenvalue weighted by Crippen LogP contribution is 2.03. The molecule has 102 valence electrons. The lowest BCUT2D eigenvalue weighted by Crippen LogP contribution is -2.43. The zero-order valence-electron chi connectivity index (χ0n) is 10.7. The van der Waals surface area contributed by atoms with E-state index < -0.39 is 10.1 Å². The highest BCUT2D eigenvalue weighted by molar-refractivity contribution is 7.85. The van der Waals surface area contributed by atoms with Crippen molar-refractivity contribution in [2.45, 2.75) is 25.7 Å². The molecule has 1 saturated heterocycles. The summed E-state index contributed by atoms with van der Waals surface area (Å²) in [6.45, 7) is 5.99. The lowest BCUT2D eigenvalue weighted by atomic mass is 10.2. The maximum absolute atomic E-state index is 10.7. The Morgan fingerprint density at radius 1 is 1.12 bits per heavy atom. The average Bonchev–Trinajstić information content (AvgIpc) is 2.28. The summed E-state index contributed by atoms with van der Waals surface area (Å²) in [5, 5.41) is 3.33. The topological polar surface area (TPSA) is 58.6 Å². The Bertz CT molecular complexity index is 287. The van der Waals surface area contributed by atoms with Crippen molar-refractivity contribution in [1.82, 2.24) is 10.2 Å². The van der Waals surface area contributed by atoms with Gasteiger partial charge in [0.05, 0.1) is 12.9 Å². The summed E-state index contributed by atoms with van der Waals surface area (Å²) >= 11 is 0. The first-order valence-electron chi connectivity index (χ1n) is 6.35. The van der Waals surface area contributed by atoms with Gasteiger partial charge in [0.25, 0.3) is 10.1 Å². The van der Waals surface area contributed by atoms with E-state index in [-0.39, 0.29) is 0 Å². The number of hydrogen-bond donors (Lipinski definition) is 1. The van der Waals surface area contributed by atoms with Gasteiger partial charge in [-0.2, -0.15) is 8.42 Å². The van der Waals surface area contributed by atoms with Crippen LogP contribution in [0.15, 0.2) is 0 Å². The van der Waals surface area contributed by atoms with Gasteiger partial charge in [0.1, 0.15) is 0 Å². The summed E-state index contributed by atoms with van der Waals surface area (Å²) < 4.78 is 26.1. The molecule has 0 radical (unpaired) electrons. The second kappa shape index (κ2) is 8.02. The van der Waals surface area contributed by atoms with E-state index in [0.717, 1.165) is 58.2 Å². The van der Waals surface area contributed by atoms with Crippen molar-refractivity contribution in [3.05, 3.63) is 0 Å². The first-order valence-corrected chi connectivity index (χ1v) is 8.17. The number of piperazine rings is 1. The molecule has 1 N–H and O–H groups in total. The minimum atomic E-state index is -3.25. The van der Waals surface area contributed by atoms with Gasteiger partial charge in [-0.25, -0.2) is 0 Å². The van der Waals surface area contributed by atoms with E-state index in [1.54, 1.807) is 0 Å². The Labute approximate surface area is 105 Å². The molecule has 0 unspecified atom stereocenters. The summed E-state index contributed by atoms with van der Waals surface area (Å²) in [6, 6.07) is 0. The van der Waals surface area contributed by atoms with E-state index in [4.69, 9.17) is 0 Å². The fraction of sp³-hybridized carbons (Fsp3) is 1.00. The lowest BCUT2D eigenvalue weighted by Gasteiger charge is -2.26. The molecule has 1 fully saturated rings. The Balaban J connectivity index is 1.87. The van der Waals surface area contributed by atoms with Crippen molar-refractivity contribution in [3.63, 3.8) is 0 Å². The van der Waals surface area contributed by atoms with Crippen LogP contribution in [0.5, 0.6) is 0 Å². The lowest BCUT2D eigenvalue weighted by molar-refractivity contribution is 0.234. The fourth-order valence-electron chi connectivity index (χ4n) is 1.94. The second-order valence-corrected chi connectivity index (χ2v) is 6.18. The van der Waals surface area contributed by atoms with Gasteiger partial charge < -0.3 is 10.2 Å². The second-order valence-electron chi connectivity index (χ2n) is 4.53. The molecular formula is C11H24N2O3S. The zero-order chi connectivity index (χ0) is 12.6. The van der Waals surface area contributed by atoms with Crippen LogP contribution in [0.25, 0.3) is 0 Å². The molecule has 1 aliphatic heterocycles. The number of nitrogens with one attached hydrogen (secondary N) is 1. The molecule has 0 amide bonds. The highest BCUT2D eigenvalue weighted by atomic mass is 32.2. The molecule has 17 heavy (non-hydrogen) atoms. The van der Waals surface area contributed by atoms with Crippen molar-refractivity contribution < 1.29 is 12.6 Å². The van der Waals surface area contributed by atoms with Crippen molar-refractivity contribution in [1.29, 1.82) is 0 Å². The van der Waals surface area contributed by atoms with Crippen LogP contribution in [-0.4, -0.2) is 58.9 Å². The number of unbranched alkanes of at least 4 members (excludes halogenated alkanes) is 3. The van der Waals surface area contributed by atoms with Gasteiger partial charge in [-0.1, -0.05) is 12.8 Å². The summed E-state index contributed by atoms with van der Waals surface area (Å²) in [5.74, 6) is 0. The molecule has 1 aliphatic rings. The van der Waals surface area contributed by atoms with E-state index in [2.05, 4.69) is 14.4 Å². The van der Waals surface area contributed by atoms with E-state index in [0.29, 0.717) is 6.61 Å². The molecule has 0 aromatic heterocycles. The molecular weight excluding hydrogens is 240 g/mol. The molecule has 0 saturated carbocycles. The summed E-state index contributed by atoms with van der Waals surface area (Å²) in [4.78, 5) is 2.48. The zero-order valence-corrected chi connectivity index (χ0v) is 11.5. The summed E-state index contributed by atoms with van der Waals surface area (Å²) in [6.07, 6.45) is 5.31. The van der Waals surface area contributed by atoms with Crippen molar-refractivity contribution >= 4 is 10.1 Å². The van der Waals surface area contributed by atoms with Crippen LogP contribution in [0.3, 0.4) is 0 Å².